The van der Waals surface area contributed by atoms with E-state index < -0.39 is 0 Å². The van der Waals surface area contributed by atoms with Crippen LogP contribution in [-0.4, -0.2) is 13.2 Å². The minimum Gasteiger partial charge on any atom is -0.490 e. The van der Waals surface area contributed by atoms with Gasteiger partial charge in [-0.25, -0.2) is 0 Å². The molecule has 2 atom stereocenters. The molecule has 1 heterocycles. The Balaban J connectivity index is 1.94. The number of hydrogen-bond donors (Lipinski definition) is 1. The third kappa shape index (κ3) is 2.60. The summed E-state index contributed by atoms with van der Waals surface area (Å²) in [5.41, 5.74) is 3.86. The van der Waals surface area contributed by atoms with Crippen LogP contribution in [0.1, 0.15) is 29.7 Å². The molecule has 0 spiro atoms. The number of ether oxygens (including phenoxy) is 1. The predicted molar refractivity (Wildman–Crippen MR) is 85.3 cm³/mol. The fraction of sp³-hybridized carbons (Fsp3) is 0.294. The molecule has 0 bridgehead atoms. The molecule has 0 aliphatic carbocycles. The van der Waals surface area contributed by atoms with E-state index in [0.29, 0.717) is 6.10 Å². The smallest absolute Gasteiger partial charge is 0.123 e. The van der Waals surface area contributed by atoms with Gasteiger partial charge in [0, 0.05) is 10.9 Å². The standard InChI is InChI=1S/C17H18BrNO/c1-11-9-14-10-13(5-8-16(14)20-11)17(19-2)12-3-6-15(18)7-4-12/h3-8,10-11,17,19H,9H2,1-2H3. The average Bonchev–Trinajstić information content (AvgIpc) is 2.81. The minimum absolute atomic E-state index is 0.212. The van der Waals surface area contributed by atoms with Crippen LogP contribution in [0.25, 0.3) is 0 Å². The van der Waals surface area contributed by atoms with Gasteiger partial charge >= 0.3 is 0 Å². The number of rotatable bonds is 3. The summed E-state index contributed by atoms with van der Waals surface area (Å²) in [6.45, 7) is 2.12. The molecular weight excluding hydrogens is 314 g/mol. The highest BCUT2D eigenvalue weighted by molar-refractivity contribution is 9.10. The number of nitrogens with one attached hydrogen (secondary N) is 1. The Hall–Kier alpha value is -1.32. The molecular formula is C17H18BrNO. The van der Waals surface area contributed by atoms with Crippen molar-refractivity contribution >= 4 is 15.9 Å². The van der Waals surface area contributed by atoms with E-state index in [2.05, 4.69) is 70.6 Å². The fourth-order valence-corrected chi connectivity index (χ4v) is 3.07. The van der Waals surface area contributed by atoms with Crippen molar-refractivity contribution in [3.63, 3.8) is 0 Å². The van der Waals surface area contributed by atoms with Crippen molar-refractivity contribution < 1.29 is 4.74 Å². The van der Waals surface area contributed by atoms with E-state index >= 15 is 0 Å². The normalized spacial score (nSPS) is 18.4. The Morgan fingerprint density at radius 2 is 1.85 bits per heavy atom. The van der Waals surface area contributed by atoms with Crippen LogP contribution in [-0.2, 0) is 6.42 Å². The molecule has 1 aliphatic heterocycles. The van der Waals surface area contributed by atoms with E-state index in [0.717, 1.165) is 16.6 Å². The highest BCUT2D eigenvalue weighted by Crippen LogP contribution is 2.32. The second-order valence-electron chi connectivity index (χ2n) is 5.27. The van der Waals surface area contributed by atoms with Crippen molar-refractivity contribution in [1.29, 1.82) is 0 Å². The molecule has 0 radical (unpaired) electrons. The lowest BCUT2D eigenvalue weighted by atomic mass is 9.96. The molecule has 2 aromatic carbocycles. The maximum Gasteiger partial charge on any atom is 0.123 e. The first-order valence-electron chi connectivity index (χ1n) is 6.89. The first-order valence-corrected chi connectivity index (χ1v) is 7.69. The summed E-state index contributed by atoms with van der Waals surface area (Å²) in [5, 5.41) is 3.40. The van der Waals surface area contributed by atoms with Gasteiger partial charge in [-0.2, -0.15) is 0 Å². The molecule has 2 aromatic rings. The summed E-state index contributed by atoms with van der Waals surface area (Å²) in [6.07, 6.45) is 1.29. The summed E-state index contributed by atoms with van der Waals surface area (Å²) < 4.78 is 6.87. The third-order valence-corrected chi connectivity index (χ3v) is 4.27. The molecule has 0 saturated carbocycles. The van der Waals surface area contributed by atoms with E-state index in [-0.39, 0.29) is 6.04 Å². The Labute approximate surface area is 128 Å². The van der Waals surface area contributed by atoms with Crippen LogP contribution in [0.4, 0.5) is 0 Å². The summed E-state index contributed by atoms with van der Waals surface area (Å²) in [6, 6.07) is 15.2. The maximum absolute atomic E-state index is 5.77. The monoisotopic (exact) mass is 331 g/mol. The van der Waals surface area contributed by atoms with Crippen molar-refractivity contribution in [3.05, 3.63) is 63.6 Å². The van der Waals surface area contributed by atoms with E-state index in [1.165, 1.54) is 16.7 Å². The summed E-state index contributed by atoms with van der Waals surface area (Å²) in [5.74, 6) is 1.03. The largest absolute Gasteiger partial charge is 0.490 e. The Kier molecular flexibility index (Phi) is 3.81. The number of halogens is 1. The predicted octanol–water partition coefficient (Wildman–Crippen LogP) is 4.08. The average molecular weight is 332 g/mol. The van der Waals surface area contributed by atoms with Crippen LogP contribution in [0.5, 0.6) is 5.75 Å². The molecule has 3 heteroatoms. The van der Waals surface area contributed by atoms with Crippen molar-refractivity contribution in [2.75, 3.05) is 7.05 Å². The minimum atomic E-state index is 0.212. The zero-order valence-corrected chi connectivity index (χ0v) is 13.3. The number of hydrogen-bond acceptors (Lipinski definition) is 2. The Bertz CT molecular complexity index is 609. The van der Waals surface area contributed by atoms with Crippen molar-refractivity contribution in [1.82, 2.24) is 5.32 Å². The van der Waals surface area contributed by atoms with Crippen LogP contribution in [0.2, 0.25) is 0 Å². The van der Waals surface area contributed by atoms with Crippen LogP contribution in [0.3, 0.4) is 0 Å². The first kappa shape index (κ1) is 13.7. The molecule has 2 nitrogen and oxygen atoms in total. The number of fused-ring (bicyclic) bond motifs is 1. The van der Waals surface area contributed by atoms with Crippen molar-refractivity contribution in [2.24, 2.45) is 0 Å². The molecule has 2 unspecified atom stereocenters. The lowest BCUT2D eigenvalue weighted by molar-refractivity contribution is 0.254. The maximum atomic E-state index is 5.77. The fourth-order valence-electron chi connectivity index (χ4n) is 2.80. The molecule has 0 fully saturated rings. The van der Waals surface area contributed by atoms with Gasteiger partial charge in [0.2, 0.25) is 0 Å². The van der Waals surface area contributed by atoms with E-state index in [9.17, 15) is 0 Å². The summed E-state index contributed by atoms with van der Waals surface area (Å²) in [7, 11) is 2.00. The molecule has 0 saturated heterocycles. The van der Waals surface area contributed by atoms with Gasteiger partial charge in [0.25, 0.3) is 0 Å². The SMILES string of the molecule is CNC(c1ccc(Br)cc1)c1ccc2c(c1)CC(C)O2. The van der Waals surface area contributed by atoms with Crippen LogP contribution < -0.4 is 10.1 Å². The molecule has 20 heavy (non-hydrogen) atoms. The number of benzene rings is 2. The van der Waals surface area contributed by atoms with E-state index in [4.69, 9.17) is 4.74 Å². The van der Waals surface area contributed by atoms with Crippen LogP contribution in [0, 0.1) is 0 Å². The van der Waals surface area contributed by atoms with Gasteiger partial charge in [-0.05, 0) is 48.9 Å². The quantitative estimate of drug-likeness (QED) is 0.914. The molecule has 0 aromatic heterocycles. The summed E-state index contributed by atoms with van der Waals surface area (Å²) in [4.78, 5) is 0. The van der Waals surface area contributed by atoms with Gasteiger partial charge in [-0.1, -0.05) is 40.2 Å². The highest BCUT2D eigenvalue weighted by atomic mass is 79.9. The van der Waals surface area contributed by atoms with Gasteiger partial charge in [0.1, 0.15) is 11.9 Å². The van der Waals surface area contributed by atoms with Crippen molar-refractivity contribution in [3.8, 4) is 5.75 Å². The second-order valence-corrected chi connectivity index (χ2v) is 6.19. The molecule has 3 rings (SSSR count). The topological polar surface area (TPSA) is 21.3 Å². The van der Waals surface area contributed by atoms with Crippen LogP contribution in [0.15, 0.2) is 46.9 Å². The van der Waals surface area contributed by atoms with Gasteiger partial charge in [-0.3, -0.25) is 0 Å². The zero-order valence-electron chi connectivity index (χ0n) is 11.7. The highest BCUT2D eigenvalue weighted by Gasteiger charge is 2.21. The second kappa shape index (κ2) is 5.58. The van der Waals surface area contributed by atoms with Gasteiger partial charge in [-0.15, -0.1) is 0 Å². The molecule has 1 N–H and O–H groups in total. The van der Waals surface area contributed by atoms with E-state index in [1.54, 1.807) is 0 Å². The Morgan fingerprint density at radius 1 is 1.15 bits per heavy atom. The van der Waals surface area contributed by atoms with E-state index in [1.807, 2.05) is 7.05 Å². The zero-order chi connectivity index (χ0) is 14.1. The third-order valence-electron chi connectivity index (χ3n) is 3.75. The molecule has 1 aliphatic rings. The van der Waals surface area contributed by atoms with Gasteiger partial charge < -0.3 is 10.1 Å². The van der Waals surface area contributed by atoms with Gasteiger partial charge in [0.05, 0.1) is 6.04 Å². The lowest BCUT2D eigenvalue weighted by Crippen LogP contribution is -2.17. The van der Waals surface area contributed by atoms with Gasteiger partial charge in [0.15, 0.2) is 0 Å². The first-order chi connectivity index (χ1) is 9.67. The molecule has 0 amide bonds. The van der Waals surface area contributed by atoms with Crippen molar-refractivity contribution in [2.45, 2.75) is 25.5 Å². The Morgan fingerprint density at radius 3 is 2.55 bits per heavy atom. The molecule has 104 valence electrons. The summed E-state index contributed by atoms with van der Waals surface area (Å²) >= 11 is 3.48. The lowest BCUT2D eigenvalue weighted by Gasteiger charge is -2.18. The van der Waals surface area contributed by atoms with Crippen LogP contribution >= 0.6 is 15.9 Å².